The predicted molar refractivity (Wildman–Crippen MR) is 178 cm³/mol. The summed E-state index contributed by atoms with van der Waals surface area (Å²) in [5.74, 6) is -2.56. The maximum atomic E-state index is 14.6. The summed E-state index contributed by atoms with van der Waals surface area (Å²) < 4.78 is 52.2. The van der Waals surface area contributed by atoms with Gasteiger partial charge in [-0.15, -0.1) is 0 Å². The lowest BCUT2D eigenvalue weighted by Crippen LogP contribution is -2.49. The van der Waals surface area contributed by atoms with Gasteiger partial charge in [0.15, 0.2) is 9.84 Å². The number of urea groups is 1. The standard InChI is InChI=1S/C34H36F2N6O4S/c1-21-5-4-6-26(17-21)42(34(44)40-31-18-28(33(37)43)29(35)19-30(31)36)25-13-15-41(16-14-25)20-23-7-12-32(38-22(23)2)39-24-8-10-27(11-9-24)47(3,45)46/h4-12,17-19,25H,13-16,20H2,1-3H3,(H2,37,43)(H,38,39)(H,40,44). The van der Waals surface area contributed by atoms with Gasteiger partial charge in [-0.25, -0.2) is 27.0 Å². The SMILES string of the molecule is Cc1cccc(N(C(=O)Nc2cc(C(N)=O)c(F)cc2F)C2CCN(Cc3ccc(Nc4ccc(S(C)(=O)=O)cc4)nc3C)CC2)c1. The number of halogens is 2. The number of carbonyl (C=O) groups excluding carboxylic acids is 2. The largest absolute Gasteiger partial charge is 0.366 e. The Morgan fingerprint density at radius 2 is 1.68 bits per heavy atom. The van der Waals surface area contributed by atoms with Gasteiger partial charge in [-0.2, -0.15) is 0 Å². The third-order valence-corrected chi connectivity index (χ3v) is 9.26. The number of sulfone groups is 1. The molecule has 0 saturated carbocycles. The lowest BCUT2D eigenvalue weighted by Gasteiger charge is -2.38. The number of aryl methyl sites for hydroxylation is 2. The third kappa shape index (κ3) is 8.10. The van der Waals surface area contributed by atoms with E-state index in [9.17, 15) is 26.8 Å². The fourth-order valence-corrected chi connectivity index (χ4v) is 6.25. The van der Waals surface area contributed by atoms with Crippen LogP contribution in [0.15, 0.2) is 77.7 Å². The number of hydrogen-bond acceptors (Lipinski definition) is 7. The van der Waals surface area contributed by atoms with Crippen LogP contribution in [0.4, 0.5) is 36.5 Å². The van der Waals surface area contributed by atoms with Crippen molar-refractivity contribution in [2.45, 2.75) is 44.2 Å². The molecule has 0 unspecified atom stereocenters. The zero-order chi connectivity index (χ0) is 33.9. The van der Waals surface area contributed by atoms with Crippen molar-refractivity contribution in [1.82, 2.24) is 9.88 Å². The van der Waals surface area contributed by atoms with Crippen molar-refractivity contribution in [2.75, 3.05) is 34.9 Å². The minimum absolute atomic E-state index is 0.216. The number of hydrogen-bond donors (Lipinski definition) is 3. The lowest BCUT2D eigenvalue weighted by molar-refractivity contribution is 0.0996. The number of likely N-dealkylation sites (tertiary alicyclic amines) is 1. The number of amides is 3. The topological polar surface area (TPSA) is 138 Å². The van der Waals surface area contributed by atoms with Gasteiger partial charge in [0, 0.05) is 55.1 Å². The molecule has 5 rings (SSSR count). The van der Waals surface area contributed by atoms with Crippen LogP contribution in [0, 0.1) is 25.5 Å². The first-order valence-electron chi connectivity index (χ1n) is 15.0. The highest BCUT2D eigenvalue weighted by Gasteiger charge is 2.30. The Labute approximate surface area is 272 Å². The zero-order valence-electron chi connectivity index (χ0n) is 26.3. The summed E-state index contributed by atoms with van der Waals surface area (Å²) in [7, 11) is -3.28. The zero-order valence-corrected chi connectivity index (χ0v) is 27.1. The first kappa shape index (κ1) is 33.5. The van der Waals surface area contributed by atoms with Crippen LogP contribution >= 0.6 is 0 Å². The molecule has 47 heavy (non-hydrogen) atoms. The number of rotatable bonds is 9. The Morgan fingerprint density at radius 3 is 2.30 bits per heavy atom. The number of benzene rings is 3. The second-order valence-electron chi connectivity index (χ2n) is 11.7. The van der Waals surface area contributed by atoms with Crippen molar-refractivity contribution < 1.29 is 26.8 Å². The van der Waals surface area contributed by atoms with Crippen LogP contribution in [0.25, 0.3) is 0 Å². The number of aromatic nitrogens is 1. The molecule has 0 spiro atoms. The van der Waals surface area contributed by atoms with E-state index in [4.69, 9.17) is 5.73 Å². The highest BCUT2D eigenvalue weighted by molar-refractivity contribution is 7.90. The van der Waals surface area contributed by atoms with Crippen LogP contribution in [0.5, 0.6) is 0 Å². The molecule has 0 aliphatic carbocycles. The molecule has 246 valence electrons. The number of pyridine rings is 1. The van der Waals surface area contributed by atoms with Gasteiger partial charge < -0.3 is 16.4 Å². The molecule has 1 aromatic heterocycles. The Morgan fingerprint density at radius 1 is 0.979 bits per heavy atom. The molecule has 10 nitrogen and oxygen atoms in total. The van der Waals surface area contributed by atoms with Crippen molar-refractivity contribution in [3.05, 3.63) is 107 Å². The molecule has 4 N–H and O–H groups in total. The highest BCUT2D eigenvalue weighted by atomic mass is 32.2. The summed E-state index contributed by atoms with van der Waals surface area (Å²) in [5.41, 5.74) is 8.56. The second-order valence-corrected chi connectivity index (χ2v) is 13.7. The van der Waals surface area contributed by atoms with E-state index in [1.54, 1.807) is 35.2 Å². The predicted octanol–water partition coefficient (Wildman–Crippen LogP) is 5.93. The van der Waals surface area contributed by atoms with Gasteiger partial charge in [-0.3, -0.25) is 14.6 Å². The van der Waals surface area contributed by atoms with Gasteiger partial charge in [-0.05, 0) is 86.3 Å². The molecule has 0 bridgehead atoms. The average molecular weight is 663 g/mol. The van der Waals surface area contributed by atoms with E-state index in [1.165, 1.54) is 6.26 Å². The lowest BCUT2D eigenvalue weighted by atomic mass is 10.0. The number of anilines is 4. The van der Waals surface area contributed by atoms with Crippen molar-refractivity contribution in [3.63, 3.8) is 0 Å². The number of nitrogens with zero attached hydrogens (tertiary/aromatic N) is 3. The van der Waals surface area contributed by atoms with E-state index in [2.05, 4.69) is 20.5 Å². The Balaban J connectivity index is 1.26. The highest BCUT2D eigenvalue weighted by Crippen LogP contribution is 2.28. The fraction of sp³-hybridized carbons (Fsp3) is 0.265. The molecule has 1 aliphatic heterocycles. The number of carbonyl (C=O) groups is 2. The Hall–Kier alpha value is -4.88. The van der Waals surface area contributed by atoms with E-state index in [0.29, 0.717) is 50.0 Å². The molecule has 0 atom stereocenters. The quantitative estimate of drug-likeness (QED) is 0.202. The number of primary amides is 1. The molecule has 1 saturated heterocycles. The molecule has 0 radical (unpaired) electrons. The monoisotopic (exact) mass is 662 g/mol. The number of nitrogens with one attached hydrogen (secondary N) is 2. The van der Waals surface area contributed by atoms with Crippen molar-refractivity contribution in [2.24, 2.45) is 5.73 Å². The molecule has 3 aromatic carbocycles. The van der Waals surface area contributed by atoms with Crippen molar-refractivity contribution in [3.8, 4) is 0 Å². The van der Waals surface area contributed by atoms with Gasteiger partial charge in [0.25, 0.3) is 5.91 Å². The van der Waals surface area contributed by atoms with Gasteiger partial charge in [0.05, 0.1) is 16.1 Å². The summed E-state index contributed by atoms with van der Waals surface area (Å²) in [6.45, 7) is 5.86. The number of piperidine rings is 1. The summed E-state index contributed by atoms with van der Waals surface area (Å²) in [6, 6.07) is 18.4. The maximum absolute atomic E-state index is 14.6. The fourth-order valence-electron chi connectivity index (χ4n) is 5.62. The van der Waals surface area contributed by atoms with E-state index in [1.807, 2.05) is 44.2 Å². The van der Waals surface area contributed by atoms with Gasteiger partial charge in [-0.1, -0.05) is 18.2 Å². The van der Waals surface area contributed by atoms with Crippen LogP contribution in [-0.2, 0) is 16.4 Å². The first-order valence-corrected chi connectivity index (χ1v) is 16.9. The van der Waals surface area contributed by atoms with E-state index >= 15 is 0 Å². The minimum Gasteiger partial charge on any atom is -0.366 e. The summed E-state index contributed by atoms with van der Waals surface area (Å²) in [6.07, 6.45) is 2.44. The molecule has 1 fully saturated rings. The van der Waals surface area contributed by atoms with Gasteiger partial charge in [0.1, 0.15) is 17.5 Å². The van der Waals surface area contributed by atoms with E-state index in [-0.39, 0.29) is 16.6 Å². The summed E-state index contributed by atoms with van der Waals surface area (Å²) >= 11 is 0. The minimum atomic E-state index is -3.28. The average Bonchev–Trinajstić information content (AvgIpc) is 3.00. The molecular weight excluding hydrogens is 626 g/mol. The van der Waals surface area contributed by atoms with Gasteiger partial charge >= 0.3 is 6.03 Å². The Bertz CT molecular complexity index is 1910. The smallest absolute Gasteiger partial charge is 0.326 e. The van der Waals surface area contributed by atoms with E-state index < -0.39 is 39.0 Å². The molecular formula is C34H36F2N6O4S. The number of nitrogens with two attached hydrogens (primary N) is 1. The second kappa shape index (κ2) is 13.9. The van der Waals surface area contributed by atoms with Crippen LogP contribution in [0.2, 0.25) is 0 Å². The van der Waals surface area contributed by atoms with Gasteiger partial charge in [0.2, 0.25) is 0 Å². The summed E-state index contributed by atoms with van der Waals surface area (Å²) in [4.78, 5) is 34.1. The van der Waals surface area contributed by atoms with Crippen LogP contribution < -0.4 is 21.3 Å². The van der Waals surface area contributed by atoms with Crippen LogP contribution in [0.3, 0.4) is 0 Å². The third-order valence-electron chi connectivity index (χ3n) is 8.13. The van der Waals surface area contributed by atoms with E-state index in [0.717, 1.165) is 28.6 Å². The van der Waals surface area contributed by atoms with Crippen LogP contribution in [0.1, 0.15) is 40.0 Å². The molecule has 3 amide bonds. The molecule has 4 aromatic rings. The first-order chi connectivity index (χ1) is 22.3. The molecule has 2 heterocycles. The van der Waals surface area contributed by atoms with Crippen molar-refractivity contribution >= 4 is 44.7 Å². The van der Waals surface area contributed by atoms with Crippen molar-refractivity contribution in [1.29, 1.82) is 0 Å². The molecule has 13 heteroatoms. The van der Waals surface area contributed by atoms with Crippen LogP contribution in [-0.4, -0.2) is 55.6 Å². The molecule has 1 aliphatic rings. The maximum Gasteiger partial charge on any atom is 0.326 e. The summed E-state index contributed by atoms with van der Waals surface area (Å²) in [5, 5.41) is 5.73. The Kier molecular flexibility index (Phi) is 9.87. The normalized spacial score (nSPS) is 14.1.